The second-order valence-electron chi connectivity index (χ2n) is 5.89. The fraction of sp³-hybridized carbons (Fsp3) is 0.235. The van der Waals surface area contributed by atoms with Crippen molar-refractivity contribution in [1.29, 1.82) is 0 Å². The molecule has 1 aliphatic rings. The SMILES string of the molecule is CC(=O)N1CCCc2cc(S(=O)(=O)Nc3ccc(F)c(F)c3F)ccc21. The molecule has 2 aromatic carbocycles. The molecular weight excluding hydrogens is 369 g/mol. The van der Waals surface area contributed by atoms with Gasteiger partial charge in [0.1, 0.15) is 0 Å². The van der Waals surface area contributed by atoms with Crippen molar-refractivity contribution < 1.29 is 26.4 Å². The van der Waals surface area contributed by atoms with E-state index in [9.17, 15) is 26.4 Å². The van der Waals surface area contributed by atoms with Crippen LogP contribution in [-0.2, 0) is 21.2 Å². The first-order chi connectivity index (χ1) is 12.2. The molecule has 1 heterocycles. The van der Waals surface area contributed by atoms with Crippen molar-refractivity contribution >= 4 is 27.3 Å². The van der Waals surface area contributed by atoms with Crippen molar-refractivity contribution in [2.45, 2.75) is 24.7 Å². The van der Waals surface area contributed by atoms with Gasteiger partial charge in [0.05, 0.1) is 10.6 Å². The minimum absolute atomic E-state index is 0.149. The van der Waals surface area contributed by atoms with Crippen LogP contribution in [0.25, 0.3) is 0 Å². The van der Waals surface area contributed by atoms with Crippen LogP contribution in [0.3, 0.4) is 0 Å². The molecule has 0 unspecified atom stereocenters. The lowest BCUT2D eigenvalue weighted by molar-refractivity contribution is -0.116. The lowest BCUT2D eigenvalue weighted by Gasteiger charge is -2.28. The Hall–Kier alpha value is -2.55. The largest absolute Gasteiger partial charge is 0.312 e. The molecule has 1 amide bonds. The molecule has 0 saturated carbocycles. The third kappa shape index (κ3) is 3.26. The summed E-state index contributed by atoms with van der Waals surface area (Å²) in [6, 6.07) is 5.62. The van der Waals surface area contributed by atoms with Crippen LogP contribution in [0.5, 0.6) is 0 Å². The standard InChI is InChI=1S/C17H15F3N2O3S/c1-10(23)22-8-2-3-11-9-12(4-7-15(11)22)26(24,25)21-14-6-5-13(18)16(19)17(14)20/h4-7,9,21H,2-3,8H2,1H3. The predicted octanol–water partition coefficient (Wildman–Crippen LogP) is 3.20. The van der Waals surface area contributed by atoms with Gasteiger partial charge in [-0.15, -0.1) is 0 Å². The van der Waals surface area contributed by atoms with Crippen LogP contribution in [0.2, 0.25) is 0 Å². The van der Waals surface area contributed by atoms with Crippen molar-refractivity contribution in [1.82, 2.24) is 0 Å². The molecule has 1 N–H and O–H groups in total. The first-order valence-electron chi connectivity index (χ1n) is 7.78. The third-order valence-electron chi connectivity index (χ3n) is 4.14. The summed E-state index contributed by atoms with van der Waals surface area (Å²) in [6.07, 6.45) is 1.27. The molecule has 0 aliphatic carbocycles. The Bertz CT molecular complexity index is 993. The number of anilines is 2. The summed E-state index contributed by atoms with van der Waals surface area (Å²) in [5.41, 5.74) is 0.605. The number of sulfonamides is 1. The van der Waals surface area contributed by atoms with E-state index in [2.05, 4.69) is 0 Å². The van der Waals surface area contributed by atoms with Gasteiger partial charge in [0.25, 0.3) is 10.0 Å². The maximum Gasteiger partial charge on any atom is 0.261 e. The quantitative estimate of drug-likeness (QED) is 0.827. The van der Waals surface area contributed by atoms with E-state index < -0.39 is 33.2 Å². The van der Waals surface area contributed by atoms with Gasteiger partial charge >= 0.3 is 0 Å². The van der Waals surface area contributed by atoms with Gasteiger partial charge in [-0.1, -0.05) is 0 Å². The van der Waals surface area contributed by atoms with Crippen LogP contribution in [0.4, 0.5) is 24.5 Å². The van der Waals surface area contributed by atoms with Crippen molar-refractivity contribution in [3.63, 3.8) is 0 Å². The third-order valence-corrected chi connectivity index (χ3v) is 5.50. The number of hydrogen-bond donors (Lipinski definition) is 1. The highest BCUT2D eigenvalue weighted by Gasteiger charge is 2.24. The van der Waals surface area contributed by atoms with Crippen LogP contribution >= 0.6 is 0 Å². The number of aryl methyl sites for hydroxylation is 1. The molecule has 2 aromatic rings. The lowest BCUT2D eigenvalue weighted by atomic mass is 10.0. The number of rotatable bonds is 3. The first-order valence-corrected chi connectivity index (χ1v) is 9.26. The van der Waals surface area contributed by atoms with Gasteiger partial charge in [-0.05, 0) is 48.7 Å². The number of nitrogens with zero attached hydrogens (tertiary/aromatic N) is 1. The number of amides is 1. The molecule has 0 fully saturated rings. The Balaban J connectivity index is 1.96. The topological polar surface area (TPSA) is 66.5 Å². The Kier molecular flexibility index (Phi) is 4.66. The average Bonchev–Trinajstić information content (AvgIpc) is 2.61. The predicted molar refractivity (Wildman–Crippen MR) is 89.9 cm³/mol. The minimum Gasteiger partial charge on any atom is -0.312 e. The second kappa shape index (κ2) is 6.64. The molecule has 0 atom stereocenters. The fourth-order valence-corrected chi connectivity index (χ4v) is 3.99. The molecule has 138 valence electrons. The van der Waals surface area contributed by atoms with Crippen LogP contribution in [-0.4, -0.2) is 20.9 Å². The van der Waals surface area contributed by atoms with E-state index in [-0.39, 0.29) is 10.8 Å². The summed E-state index contributed by atoms with van der Waals surface area (Å²) in [4.78, 5) is 13.1. The zero-order valence-corrected chi connectivity index (χ0v) is 14.5. The Morgan fingerprint density at radius 2 is 1.85 bits per heavy atom. The summed E-state index contributed by atoms with van der Waals surface area (Å²) in [7, 11) is -4.22. The van der Waals surface area contributed by atoms with Crippen LogP contribution in [0.15, 0.2) is 35.2 Å². The van der Waals surface area contributed by atoms with E-state index >= 15 is 0 Å². The van der Waals surface area contributed by atoms with Gasteiger partial charge in [0, 0.05) is 19.2 Å². The number of fused-ring (bicyclic) bond motifs is 1. The van der Waals surface area contributed by atoms with Gasteiger partial charge in [-0.2, -0.15) is 0 Å². The molecule has 26 heavy (non-hydrogen) atoms. The van der Waals surface area contributed by atoms with E-state index in [0.717, 1.165) is 6.07 Å². The number of hydrogen-bond acceptors (Lipinski definition) is 3. The first kappa shape index (κ1) is 18.2. The highest BCUT2D eigenvalue weighted by molar-refractivity contribution is 7.92. The van der Waals surface area contributed by atoms with Crippen molar-refractivity contribution in [2.75, 3.05) is 16.2 Å². The van der Waals surface area contributed by atoms with E-state index in [1.54, 1.807) is 4.90 Å². The number of nitrogens with one attached hydrogen (secondary N) is 1. The normalized spacial score (nSPS) is 14.1. The van der Waals surface area contributed by atoms with Gasteiger partial charge < -0.3 is 4.90 Å². The molecule has 5 nitrogen and oxygen atoms in total. The fourth-order valence-electron chi connectivity index (χ4n) is 2.88. The van der Waals surface area contributed by atoms with Crippen LogP contribution in [0, 0.1) is 17.5 Å². The zero-order valence-electron chi connectivity index (χ0n) is 13.7. The zero-order chi connectivity index (χ0) is 19.1. The van der Waals surface area contributed by atoms with Crippen molar-refractivity contribution in [3.8, 4) is 0 Å². The molecule has 0 spiro atoms. The minimum atomic E-state index is -4.22. The summed E-state index contributed by atoms with van der Waals surface area (Å²) in [6.45, 7) is 1.97. The Labute approximate surface area is 148 Å². The Morgan fingerprint density at radius 1 is 1.12 bits per heavy atom. The van der Waals surface area contributed by atoms with Gasteiger partial charge in [0.2, 0.25) is 5.91 Å². The van der Waals surface area contributed by atoms with Crippen LogP contribution in [0.1, 0.15) is 18.9 Å². The molecule has 0 aromatic heterocycles. The summed E-state index contributed by atoms with van der Waals surface area (Å²) in [5, 5.41) is 0. The second-order valence-corrected chi connectivity index (χ2v) is 7.58. The lowest BCUT2D eigenvalue weighted by Crippen LogP contribution is -2.33. The molecule has 0 saturated heterocycles. The average molecular weight is 384 g/mol. The van der Waals surface area contributed by atoms with Gasteiger partial charge in [0.15, 0.2) is 17.5 Å². The van der Waals surface area contributed by atoms with Crippen molar-refractivity contribution in [2.24, 2.45) is 0 Å². The number of halogens is 3. The summed E-state index contributed by atoms with van der Waals surface area (Å²) in [5.74, 6) is -4.94. The molecule has 3 rings (SSSR count). The summed E-state index contributed by atoms with van der Waals surface area (Å²) >= 11 is 0. The van der Waals surface area contributed by atoms with Crippen LogP contribution < -0.4 is 9.62 Å². The number of carbonyl (C=O) groups is 1. The van der Waals surface area contributed by atoms with Crippen molar-refractivity contribution in [3.05, 3.63) is 53.3 Å². The van der Waals surface area contributed by atoms with Gasteiger partial charge in [-0.3, -0.25) is 9.52 Å². The maximum absolute atomic E-state index is 13.7. The monoisotopic (exact) mass is 384 g/mol. The molecule has 0 bridgehead atoms. The van der Waals surface area contributed by atoms with Gasteiger partial charge in [-0.25, -0.2) is 21.6 Å². The highest BCUT2D eigenvalue weighted by atomic mass is 32.2. The molecule has 0 radical (unpaired) electrons. The summed E-state index contributed by atoms with van der Waals surface area (Å²) < 4.78 is 66.9. The highest BCUT2D eigenvalue weighted by Crippen LogP contribution is 2.30. The number of benzene rings is 2. The van der Waals surface area contributed by atoms with E-state index in [4.69, 9.17) is 0 Å². The van der Waals surface area contributed by atoms with E-state index in [1.165, 1.54) is 25.1 Å². The maximum atomic E-state index is 13.7. The number of carbonyl (C=O) groups excluding carboxylic acids is 1. The molecular formula is C17H15F3N2O3S. The smallest absolute Gasteiger partial charge is 0.261 e. The molecule has 9 heteroatoms. The molecule has 1 aliphatic heterocycles. The van der Waals surface area contributed by atoms with E-state index in [0.29, 0.717) is 36.7 Å². The Morgan fingerprint density at radius 3 is 2.54 bits per heavy atom. The van der Waals surface area contributed by atoms with E-state index in [1.807, 2.05) is 4.72 Å².